The van der Waals surface area contributed by atoms with Crippen molar-refractivity contribution < 1.29 is 10.0 Å². The van der Waals surface area contributed by atoms with Gasteiger partial charge in [0.05, 0.1) is 17.2 Å². The largest absolute Gasteiger partial charge is 0.409 e. The van der Waals surface area contributed by atoms with Crippen molar-refractivity contribution >= 4 is 23.1 Å². The number of hydrogen-bond acceptors (Lipinski definition) is 5. The smallest absolute Gasteiger partial charge is 0.266 e. The van der Waals surface area contributed by atoms with Crippen LogP contribution in [0.5, 0.6) is 0 Å². The van der Waals surface area contributed by atoms with Crippen LogP contribution in [0.3, 0.4) is 0 Å². The highest BCUT2D eigenvalue weighted by molar-refractivity contribution is 7.13. The molecule has 1 rings (SSSR count). The summed E-state index contributed by atoms with van der Waals surface area (Å²) in [5.74, 6) is -0.129. The summed E-state index contributed by atoms with van der Waals surface area (Å²) in [6.07, 6.45) is 0. The van der Waals surface area contributed by atoms with E-state index in [1.54, 1.807) is 11.8 Å². The molecule has 7 heteroatoms. The Morgan fingerprint density at radius 2 is 2.17 bits per heavy atom. The molecule has 0 unspecified atom stereocenters. The second kappa shape index (κ2) is 5.81. The first-order chi connectivity index (χ1) is 8.36. The predicted molar refractivity (Wildman–Crippen MR) is 71.2 cm³/mol. The number of hydrogen-bond donors (Lipinski definition) is 2. The number of nitrogens with two attached hydrogens (primary N) is 1. The van der Waals surface area contributed by atoms with E-state index in [0.29, 0.717) is 10.6 Å². The molecular formula is C11H18N4O2S. The molecule has 1 heterocycles. The minimum atomic E-state index is -0.139. The molecule has 18 heavy (non-hydrogen) atoms. The molecule has 0 saturated heterocycles. The van der Waals surface area contributed by atoms with Crippen molar-refractivity contribution in [3.05, 3.63) is 15.6 Å². The summed E-state index contributed by atoms with van der Waals surface area (Å²) in [6.45, 7) is 7.53. The Hall–Kier alpha value is -1.63. The van der Waals surface area contributed by atoms with Crippen LogP contribution in [0.2, 0.25) is 0 Å². The Bertz CT molecular complexity index is 468. The number of oxime groups is 1. The number of aromatic nitrogens is 1. The molecule has 0 radical (unpaired) electrons. The maximum Gasteiger partial charge on any atom is 0.266 e. The fourth-order valence-corrected chi connectivity index (χ4v) is 2.43. The fourth-order valence-electron chi connectivity index (χ4n) is 1.56. The average molecular weight is 270 g/mol. The lowest BCUT2D eigenvalue weighted by Gasteiger charge is -2.25. The van der Waals surface area contributed by atoms with Gasteiger partial charge in [0, 0.05) is 6.04 Å². The lowest BCUT2D eigenvalue weighted by molar-refractivity contribution is 0.0738. The van der Waals surface area contributed by atoms with Gasteiger partial charge >= 0.3 is 0 Å². The average Bonchev–Trinajstić information content (AvgIpc) is 2.63. The zero-order chi connectivity index (χ0) is 13.9. The van der Waals surface area contributed by atoms with Gasteiger partial charge in [0.1, 0.15) is 4.88 Å². The van der Waals surface area contributed by atoms with Gasteiger partial charge < -0.3 is 15.8 Å². The Labute approximate surface area is 110 Å². The summed E-state index contributed by atoms with van der Waals surface area (Å²) in [5.41, 5.74) is 6.18. The number of thiazole rings is 1. The van der Waals surface area contributed by atoms with Gasteiger partial charge in [-0.25, -0.2) is 4.98 Å². The second-order valence-electron chi connectivity index (χ2n) is 4.27. The standard InChI is InChI=1S/C11H18N4O2S/c1-6(2)15(5-9(12)14-17)11(16)10-7(3)13-8(4)18-10/h6,17H,5H2,1-4H3,(H2,12,14). The minimum Gasteiger partial charge on any atom is -0.409 e. The molecule has 1 amide bonds. The summed E-state index contributed by atoms with van der Waals surface area (Å²) in [4.78, 5) is 18.8. The third kappa shape index (κ3) is 3.19. The van der Waals surface area contributed by atoms with E-state index >= 15 is 0 Å². The first-order valence-electron chi connectivity index (χ1n) is 5.58. The molecule has 0 aromatic carbocycles. The summed E-state index contributed by atoms with van der Waals surface area (Å²) >= 11 is 1.36. The third-order valence-electron chi connectivity index (χ3n) is 2.44. The molecule has 0 aliphatic carbocycles. The molecule has 3 N–H and O–H groups in total. The van der Waals surface area contributed by atoms with Gasteiger partial charge in [0.2, 0.25) is 0 Å². The van der Waals surface area contributed by atoms with Crippen LogP contribution < -0.4 is 5.73 Å². The minimum absolute atomic E-state index is 0.0101. The molecule has 0 bridgehead atoms. The molecule has 0 aliphatic heterocycles. The number of amides is 1. The molecule has 1 aromatic rings. The first kappa shape index (κ1) is 14.4. The van der Waals surface area contributed by atoms with Crippen LogP contribution in [-0.2, 0) is 0 Å². The Kier molecular flexibility index (Phi) is 4.66. The Morgan fingerprint density at radius 1 is 1.56 bits per heavy atom. The monoisotopic (exact) mass is 270 g/mol. The molecule has 6 nitrogen and oxygen atoms in total. The maximum absolute atomic E-state index is 12.4. The van der Waals surface area contributed by atoms with Gasteiger partial charge in [-0.3, -0.25) is 4.79 Å². The molecule has 0 saturated carbocycles. The van der Waals surface area contributed by atoms with Crippen molar-refractivity contribution in [2.24, 2.45) is 10.9 Å². The number of rotatable bonds is 4. The van der Waals surface area contributed by atoms with E-state index in [-0.39, 0.29) is 24.3 Å². The summed E-state index contributed by atoms with van der Waals surface area (Å²) < 4.78 is 0. The topological polar surface area (TPSA) is 91.8 Å². The number of nitrogens with zero attached hydrogens (tertiary/aromatic N) is 3. The number of carbonyl (C=O) groups is 1. The zero-order valence-corrected chi connectivity index (χ0v) is 11.8. The van der Waals surface area contributed by atoms with Crippen LogP contribution in [-0.4, -0.2) is 39.4 Å². The van der Waals surface area contributed by atoms with E-state index in [1.807, 2.05) is 20.8 Å². The van der Waals surface area contributed by atoms with E-state index in [0.717, 1.165) is 5.01 Å². The molecule has 0 spiro atoms. The first-order valence-corrected chi connectivity index (χ1v) is 6.39. The molecule has 1 aromatic heterocycles. The van der Waals surface area contributed by atoms with Crippen molar-refractivity contribution in [1.29, 1.82) is 0 Å². The van der Waals surface area contributed by atoms with Gasteiger partial charge in [-0.2, -0.15) is 0 Å². The number of carbonyl (C=O) groups excluding carboxylic acids is 1. The van der Waals surface area contributed by atoms with Crippen molar-refractivity contribution in [2.45, 2.75) is 33.7 Å². The second-order valence-corrected chi connectivity index (χ2v) is 5.47. The van der Waals surface area contributed by atoms with Gasteiger partial charge in [-0.1, -0.05) is 5.16 Å². The number of amidine groups is 1. The van der Waals surface area contributed by atoms with E-state index in [4.69, 9.17) is 10.9 Å². The fraction of sp³-hybridized carbons (Fsp3) is 0.545. The van der Waals surface area contributed by atoms with Crippen LogP contribution in [0.1, 0.15) is 34.2 Å². The molecular weight excluding hydrogens is 252 g/mol. The molecule has 0 aliphatic rings. The molecule has 0 atom stereocenters. The van der Waals surface area contributed by atoms with Crippen molar-refractivity contribution in [3.63, 3.8) is 0 Å². The maximum atomic E-state index is 12.4. The van der Waals surface area contributed by atoms with E-state index in [2.05, 4.69) is 10.1 Å². The lowest BCUT2D eigenvalue weighted by Crippen LogP contribution is -2.42. The van der Waals surface area contributed by atoms with Crippen LogP contribution in [0.15, 0.2) is 5.16 Å². The van der Waals surface area contributed by atoms with Crippen LogP contribution >= 0.6 is 11.3 Å². The van der Waals surface area contributed by atoms with Crippen molar-refractivity contribution in [1.82, 2.24) is 9.88 Å². The van der Waals surface area contributed by atoms with E-state index in [1.165, 1.54) is 11.3 Å². The summed E-state index contributed by atoms with van der Waals surface area (Å²) in [6, 6.07) is -0.0420. The van der Waals surface area contributed by atoms with Gasteiger partial charge in [-0.05, 0) is 27.7 Å². The van der Waals surface area contributed by atoms with Crippen molar-refractivity contribution in [3.8, 4) is 0 Å². The number of aryl methyl sites for hydroxylation is 2. The molecule has 100 valence electrons. The van der Waals surface area contributed by atoms with E-state index in [9.17, 15) is 4.79 Å². The van der Waals surface area contributed by atoms with Gasteiger partial charge in [-0.15, -0.1) is 11.3 Å². The normalized spacial score (nSPS) is 11.9. The Balaban J connectivity index is 3.00. The molecule has 0 fully saturated rings. The highest BCUT2D eigenvalue weighted by atomic mass is 32.1. The highest BCUT2D eigenvalue weighted by Crippen LogP contribution is 2.20. The van der Waals surface area contributed by atoms with Gasteiger partial charge in [0.25, 0.3) is 5.91 Å². The summed E-state index contributed by atoms with van der Waals surface area (Å²) in [7, 11) is 0. The highest BCUT2D eigenvalue weighted by Gasteiger charge is 2.23. The van der Waals surface area contributed by atoms with Crippen LogP contribution in [0.4, 0.5) is 0 Å². The van der Waals surface area contributed by atoms with Crippen LogP contribution in [0.25, 0.3) is 0 Å². The van der Waals surface area contributed by atoms with Crippen molar-refractivity contribution in [2.75, 3.05) is 6.54 Å². The SMILES string of the molecule is Cc1nc(C)c(C(=O)N(CC(N)=NO)C(C)C)s1. The predicted octanol–water partition coefficient (Wildman–Crippen LogP) is 1.36. The third-order valence-corrected chi connectivity index (χ3v) is 3.50. The van der Waals surface area contributed by atoms with Gasteiger partial charge in [0.15, 0.2) is 5.84 Å². The summed E-state index contributed by atoms with van der Waals surface area (Å²) in [5, 5.41) is 12.3. The van der Waals surface area contributed by atoms with E-state index < -0.39 is 0 Å². The van der Waals surface area contributed by atoms with Crippen LogP contribution in [0, 0.1) is 13.8 Å². The lowest BCUT2D eigenvalue weighted by atomic mass is 10.2. The zero-order valence-electron chi connectivity index (χ0n) is 11.0. The quantitative estimate of drug-likeness (QED) is 0.374. The Morgan fingerprint density at radius 3 is 2.56 bits per heavy atom.